The molecule has 1 saturated heterocycles. The van der Waals surface area contributed by atoms with Crippen LogP contribution in [0.2, 0.25) is 5.02 Å². The average molecular weight is 382 g/mol. The molecule has 1 aliphatic heterocycles. The Morgan fingerprint density at radius 2 is 2.04 bits per heavy atom. The van der Waals surface area contributed by atoms with E-state index in [9.17, 15) is 14.7 Å². The number of benzene rings is 1. The van der Waals surface area contributed by atoms with Crippen molar-refractivity contribution in [2.75, 3.05) is 13.1 Å². The standard InChI is InChI=1S/C20H28ClNO4/c1-13-7-6-8-16(21)15(13)11-22-10-14(2)20(12-22,18(24)25)9-17(23)26-19(3,4)5/h6-8,14H,9-12H2,1-5H3,(H,24,25)/t14-,20+/m1/s1. The smallest absolute Gasteiger partial charge is 0.311 e. The molecule has 1 N–H and O–H groups in total. The maximum atomic E-state index is 12.3. The number of carboxylic acids is 1. The first-order chi connectivity index (χ1) is 11.9. The van der Waals surface area contributed by atoms with Crippen LogP contribution >= 0.6 is 11.6 Å². The van der Waals surface area contributed by atoms with Crippen LogP contribution in [0.4, 0.5) is 0 Å². The Morgan fingerprint density at radius 3 is 2.58 bits per heavy atom. The molecule has 0 radical (unpaired) electrons. The molecule has 1 aromatic carbocycles. The minimum absolute atomic E-state index is 0.126. The van der Waals surface area contributed by atoms with Crippen molar-refractivity contribution in [1.29, 1.82) is 0 Å². The number of rotatable bonds is 5. The Hall–Kier alpha value is -1.59. The van der Waals surface area contributed by atoms with E-state index in [4.69, 9.17) is 16.3 Å². The van der Waals surface area contributed by atoms with Gasteiger partial charge in [0.2, 0.25) is 0 Å². The zero-order chi connectivity index (χ0) is 19.7. The fourth-order valence-electron chi connectivity index (χ4n) is 3.61. The summed E-state index contributed by atoms with van der Waals surface area (Å²) in [5.74, 6) is -1.59. The minimum atomic E-state index is -1.14. The first-order valence-electron chi connectivity index (χ1n) is 8.86. The van der Waals surface area contributed by atoms with E-state index < -0.39 is 23.0 Å². The lowest BCUT2D eigenvalue weighted by atomic mass is 9.76. The molecule has 2 rings (SSSR count). The van der Waals surface area contributed by atoms with Crippen LogP contribution < -0.4 is 0 Å². The van der Waals surface area contributed by atoms with Gasteiger partial charge in [-0.1, -0.05) is 30.7 Å². The van der Waals surface area contributed by atoms with E-state index in [0.29, 0.717) is 24.7 Å². The summed E-state index contributed by atoms with van der Waals surface area (Å²) in [5, 5.41) is 10.6. The highest BCUT2D eigenvalue weighted by Crippen LogP contribution is 2.41. The minimum Gasteiger partial charge on any atom is -0.481 e. The van der Waals surface area contributed by atoms with Gasteiger partial charge in [-0.3, -0.25) is 14.5 Å². The SMILES string of the molecule is Cc1cccc(Cl)c1CN1C[C@@H](C)[C@@](CC(=O)OC(C)(C)C)(C(=O)O)C1. The topological polar surface area (TPSA) is 66.8 Å². The molecular formula is C20H28ClNO4. The zero-order valence-corrected chi connectivity index (χ0v) is 16.9. The number of hydrogen-bond acceptors (Lipinski definition) is 4. The van der Waals surface area contributed by atoms with Gasteiger partial charge in [0.05, 0.1) is 11.8 Å². The van der Waals surface area contributed by atoms with Crippen LogP contribution in [0.1, 0.15) is 45.2 Å². The Labute approximate surface area is 160 Å². The molecule has 1 fully saturated rings. The molecule has 0 unspecified atom stereocenters. The van der Waals surface area contributed by atoms with E-state index in [2.05, 4.69) is 4.90 Å². The summed E-state index contributed by atoms with van der Waals surface area (Å²) < 4.78 is 5.37. The number of hydrogen-bond donors (Lipinski definition) is 1. The summed E-state index contributed by atoms with van der Waals surface area (Å²) in [6.45, 7) is 10.7. The second-order valence-electron chi connectivity index (χ2n) is 8.33. The van der Waals surface area contributed by atoms with Gasteiger partial charge in [0.25, 0.3) is 0 Å². The van der Waals surface area contributed by atoms with Crippen molar-refractivity contribution < 1.29 is 19.4 Å². The molecule has 0 saturated carbocycles. The second kappa shape index (κ2) is 7.57. The number of ether oxygens (including phenoxy) is 1. The van der Waals surface area contributed by atoms with Gasteiger partial charge in [-0.2, -0.15) is 0 Å². The summed E-state index contributed by atoms with van der Waals surface area (Å²) >= 11 is 6.32. The van der Waals surface area contributed by atoms with Gasteiger partial charge < -0.3 is 9.84 Å². The van der Waals surface area contributed by atoms with Gasteiger partial charge in [-0.05, 0) is 50.8 Å². The third-order valence-corrected chi connectivity index (χ3v) is 5.38. The highest BCUT2D eigenvalue weighted by atomic mass is 35.5. The first-order valence-corrected chi connectivity index (χ1v) is 9.24. The van der Waals surface area contributed by atoms with Gasteiger partial charge in [-0.25, -0.2) is 0 Å². The van der Waals surface area contributed by atoms with E-state index in [1.165, 1.54) is 0 Å². The fraction of sp³-hybridized carbons (Fsp3) is 0.600. The number of nitrogens with zero attached hydrogens (tertiary/aromatic N) is 1. The zero-order valence-electron chi connectivity index (χ0n) is 16.1. The van der Waals surface area contributed by atoms with E-state index in [-0.39, 0.29) is 12.3 Å². The predicted octanol–water partition coefficient (Wildman–Crippen LogP) is 3.90. The molecule has 0 aromatic heterocycles. The van der Waals surface area contributed by atoms with E-state index in [1.54, 1.807) is 20.8 Å². The lowest BCUT2D eigenvalue weighted by molar-refractivity contribution is -0.166. The van der Waals surface area contributed by atoms with Crippen molar-refractivity contribution in [2.45, 2.75) is 53.2 Å². The van der Waals surface area contributed by atoms with Crippen molar-refractivity contribution in [3.05, 3.63) is 34.3 Å². The third kappa shape index (κ3) is 4.57. The molecule has 0 amide bonds. The van der Waals surface area contributed by atoms with Crippen LogP contribution in [-0.2, 0) is 20.9 Å². The number of halogens is 1. The van der Waals surface area contributed by atoms with Crippen LogP contribution in [0.15, 0.2) is 18.2 Å². The molecule has 0 bridgehead atoms. The van der Waals surface area contributed by atoms with Gasteiger partial charge >= 0.3 is 11.9 Å². The van der Waals surface area contributed by atoms with Crippen molar-refractivity contribution in [2.24, 2.45) is 11.3 Å². The number of aryl methyl sites for hydroxylation is 1. The molecule has 26 heavy (non-hydrogen) atoms. The summed E-state index contributed by atoms with van der Waals surface area (Å²) in [7, 11) is 0. The average Bonchev–Trinajstić information content (AvgIpc) is 2.78. The van der Waals surface area contributed by atoms with E-state index in [1.807, 2.05) is 32.0 Å². The molecule has 2 atom stereocenters. The second-order valence-corrected chi connectivity index (χ2v) is 8.74. The van der Waals surface area contributed by atoms with Gasteiger partial charge in [-0.15, -0.1) is 0 Å². The van der Waals surface area contributed by atoms with Crippen LogP contribution in [0.5, 0.6) is 0 Å². The van der Waals surface area contributed by atoms with Crippen LogP contribution in [0.25, 0.3) is 0 Å². The maximum Gasteiger partial charge on any atom is 0.311 e. The van der Waals surface area contributed by atoms with Crippen LogP contribution in [0.3, 0.4) is 0 Å². The van der Waals surface area contributed by atoms with Crippen LogP contribution in [0, 0.1) is 18.3 Å². The molecule has 1 heterocycles. The van der Waals surface area contributed by atoms with Crippen molar-refractivity contribution in [3.63, 3.8) is 0 Å². The van der Waals surface area contributed by atoms with Gasteiger partial charge in [0.1, 0.15) is 5.60 Å². The monoisotopic (exact) mass is 381 g/mol. The largest absolute Gasteiger partial charge is 0.481 e. The third-order valence-electron chi connectivity index (χ3n) is 5.02. The number of carbonyl (C=O) groups is 2. The lowest BCUT2D eigenvalue weighted by Gasteiger charge is -2.29. The number of esters is 1. The first kappa shape index (κ1) is 20.7. The normalized spacial score (nSPS) is 23.8. The molecule has 0 aliphatic carbocycles. The van der Waals surface area contributed by atoms with E-state index >= 15 is 0 Å². The summed E-state index contributed by atoms with van der Waals surface area (Å²) in [6, 6.07) is 5.73. The molecule has 144 valence electrons. The molecule has 0 spiro atoms. The summed E-state index contributed by atoms with van der Waals surface area (Å²) in [4.78, 5) is 26.5. The Morgan fingerprint density at radius 1 is 1.38 bits per heavy atom. The quantitative estimate of drug-likeness (QED) is 0.783. The highest BCUT2D eigenvalue weighted by Gasteiger charge is 2.52. The number of aliphatic carboxylic acids is 1. The Balaban J connectivity index is 2.19. The highest BCUT2D eigenvalue weighted by molar-refractivity contribution is 6.31. The van der Waals surface area contributed by atoms with Gasteiger partial charge in [0, 0.05) is 24.7 Å². The number of carboxylic acid groups (broad SMARTS) is 1. The summed E-state index contributed by atoms with van der Waals surface area (Å²) in [6.07, 6.45) is -0.126. The number of likely N-dealkylation sites (tertiary alicyclic amines) is 1. The molecular weight excluding hydrogens is 354 g/mol. The maximum absolute atomic E-state index is 12.3. The number of carbonyl (C=O) groups excluding carboxylic acids is 1. The molecule has 6 heteroatoms. The van der Waals surface area contributed by atoms with Crippen molar-refractivity contribution in [1.82, 2.24) is 4.90 Å². The Kier molecular flexibility index (Phi) is 6.03. The van der Waals surface area contributed by atoms with Crippen molar-refractivity contribution >= 4 is 23.5 Å². The molecule has 1 aliphatic rings. The molecule has 1 aromatic rings. The van der Waals surface area contributed by atoms with Gasteiger partial charge in [0.15, 0.2) is 0 Å². The van der Waals surface area contributed by atoms with Crippen molar-refractivity contribution in [3.8, 4) is 0 Å². The Bertz CT molecular complexity index is 677. The van der Waals surface area contributed by atoms with E-state index in [0.717, 1.165) is 11.1 Å². The predicted molar refractivity (Wildman–Crippen MR) is 101 cm³/mol. The fourth-order valence-corrected chi connectivity index (χ4v) is 3.89. The summed E-state index contributed by atoms with van der Waals surface area (Å²) in [5.41, 5.74) is 0.301. The molecule has 5 nitrogen and oxygen atoms in total. The lowest BCUT2D eigenvalue weighted by Crippen LogP contribution is -2.41. The van der Waals surface area contributed by atoms with Crippen LogP contribution in [-0.4, -0.2) is 40.6 Å².